The van der Waals surface area contributed by atoms with Gasteiger partial charge in [0.25, 0.3) is 5.91 Å². The fraction of sp³-hybridized carbons (Fsp3) is 0.594. The van der Waals surface area contributed by atoms with Gasteiger partial charge in [0.15, 0.2) is 0 Å². The second kappa shape index (κ2) is 14.0. The lowest BCUT2D eigenvalue weighted by atomic mass is 9.89. The summed E-state index contributed by atoms with van der Waals surface area (Å²) in [7, 11) is 0. The Kier molecular flexibility index (Phi) is 11.0. The lowest BCUT2D eigenvalue weighted by molar-refractivity contribution is 0.0772. The van der Waals surface area contributed by atoms with Gasteiger partial charge in [-0.3, -0.25) is 4.79 Å². The predicted molar refractivity (Wildman–Crippen MR) is 155 cm³/mol. The number of rotatable bonds is 6. The van der Waals surface area contributed by atoms with Gasteiger partial charge >= 0.3 is 0 Å². The summed E-state index contributed by atoms with van der Waals surface area (Å²) in [6.07, 6.45) is 7.25. The number of hydrogen-bond donors (Lipinski definition) is 4. The highest BCUT2D eigenvalue weighted by molar-refractivity contribution is 5.95. The van der Waals surface area contributed by atoms with Crippen molar-refractivity contribution in [2.24, 2.45) is 5.92 Å². The molecule has 37 heavy (non-hydrogen) atoms. The van der Waals surface area contributed by atoms with Gasteiger partial charge in [-0.1, -0.05) is 83.2 Å². The molecule has 204 valence electrons. The monoisotopic (exact) mass is 507 g/mol. The van der Waals surface area contributed by atoms with Crippen molar-refractivity contribution in [2.75, 3.05) is 18.4 Å². The summed E-state index contributed by atoms with van der Waals surface area (Å²) in [5.74, 6) is 0.762. The van der Waals surface area contributed by atoms with E-state index >= 15 is 0 Å². The molecule has 0 spiro atoms. The number of hydrogen-bond acceptors (Lipinski definition) is 4. The molecular formula is C32H49N3O2. The molecule has 2 bridgehead atoms. The molecule has 0 fully saturated rings. The highest BCUT2D eigenvalue weighted by atomic mass is 16.3. The highest BCUT2D eigenvalue weighted by Gasteiger charge is 2.27. The molecule has 1 aliphatic heterocycles. The maximum atomic E-state index is 13.2. The van der Waals surface area contributed by atoms with Crippen molar-refractivity contribution >= 4 is 11.6 Å². The molecule has 1 amide bonds. The van der Waals surface area contributed by atoms with E-state index in [4.69, 9.17) is 0 Å². The van der Waals surface area contributed by atoms with Crippen LogP contribution in [0.25, 0.3) is 0 Å². The molecule has 5 heteroatoms. The molecular weight excluding hydrogens is 458 g/mol. The number of anilines is 1. The Balaban J connectivity index is 1.73. The van der Waals surface area contributed by atoms with E-state index in [2.05, 4.69) is 74.8 Å². The Morgan fingerprint density at radius 3 is 2.54 bits per heavy atom. The van der Waals surface area contributed by atoms with E-state index in [1.165, 1.54) is 36.8 Å². The first-order chi connectivity index (χ1) is 17.7. The molecule has 0 unspecified atom stereocenters. The van der Waals surface area contributed by atoms with Crippen LogP contribution in [0.3, 0.4) is 0 Å². The average molecular weight is 508 g/mol. The van der Waals surface area contributed by atoms with Gasteiger partial charge in [0.1, 0.15) is 0 Å². The van der Waals surface area contributed by atoms with Crippen LogP contribution in [0.15, 0.2) is 48.5 Å². The summed E-state index contributed by atoms with van der Waals surface area (Å²) in [4.78, 5) is 13.2. The molecule has 0 saturated carbocycles. The van der Waals surface area contributed by atoms with Crippen molar-refractivity contribution in [1.82, 2.24) is 10.6 Å². The van der Waals surface area contributed by atoms with Crippen LogP contribution in [0.2, 0.25) is 0 Å². The standard InChI is InChI=1S/C32H49N3O2/c1-23(2)25-14-11-16-27(20-25)32(4,5)34-22-30(36)29-19-24(3)13-9-7-6-8-10-18-33-28-17-12-15-26(21-28)31(37)35-29/h11-12,14-17,20-21,23-24,29-30,33-34,36H,6-10,13,18-19,22H2,1-5H3,(H,35,37)/t24-,29+,30-/m1/s1. The van der Waals surface area contributed by atoms with Crippen LogP contribution in [0.4, 0.5) is 5.69 Å². The smallest absolute Gasteiger partial charge is 0.251 e. The van der Waals surface area contributed by atoms with Crippen molar-refractivity contribution in [3.05, 3.63) is 65.2 Å². The topological polar surface area (TPSA) is 73.4 Å². The summed E-state index contributed by atoms with van der Waals surface area (Å²) in [6, 6.07) is 16.0. The van der Waals surface area contributed by atoms with Gasteiger partial charge in [0.05, 0.1) is 12.1 Å². The Morgan fingerprint density at radius 2 is 1.76 bits per heavy atom. The first-order valence-electron chi connectivity index (χ1n) is 14.3. The zero-order valence-corrected chi connectivity index (χ0v) is 23.6. The number of amides is 1. The molecule has 0 radical (unpaired) electrons. The third-order valence-corrected chi connectivity index (χ3v) is 7.79. The van der Waals surface area contributed by atoms with Crippen molar-refractivity contribution in [3.63, 3.8) is 0 Å². The van der Waals surface area contributed by atoms with Crippen LogP contribution in [0, 0.1) is 5.92 Å². The SMILES string of the molecule is CC(C)c1cccc(C(C)(C)NC[C@@H](O)[C@@H]2C[C@H](C)CCCCCCCNc3cccc(c3)C(=O)N2)c1. The second-order valence-electron chi connectivity index (χ2n) is 11.8. The Hall–Kier alpha value is -2.37. The van der Waals surface area contributed by atoms with Gasteiger partial charge in [0, 0.05) is 29.9 Å². The van der Waals surface area contributed by atoms with E-state index in [-0.39, 0.29) is 17.5 Å². The van der Waals surface area contributed by atoms with Crippen molar-refractivity contribution < 1.29 is 9.90 Å². The lowest BCUT2D eigenvalue weighted by Crippen LogP contribution is -2.51. The minimum absolute atomic E-state index is 0.129. The number of aliphatic hydroxyl groups is 1. The molecule has 0 aliphatic carbocycles. The number of aliphatic hydroxyl groups excluding tert-OH is 1. The van der Waals surface area contributed by atoms with Gasteiger partial charge < -0.3 is 21.1 Å². The molecule has 3 atom stereocenters. The largest absolute Gasteiger partial charge is 0.390 e. The summed E-state index contributed by atoms with van der Waals surface area (Å²) >= 11 is 0. The van der Waals surface area contributed by atoms with E-state index in [9.17, 15) is 9.90 Å². The van der Waals surface area contributed by atoms with Crippen molar-refractivity contribution in [3.8, 4) is 0 Å². The molecule has 3 rings (SSSR count). The van der Waals surface area contributed by atoms with E-state index < -0.39 is 6.10 Å². The first kappa shape index (κ1) is 29.2. The summed E-state index contributed by atoms with van der Waals surface area (Å²) < 4.78 is 0. The number of nitrogens with one attached hydrogen (secondary N) is 3. The minimum Gasteiger partial charge on any atom is -0.390 e. The van der Waals surface area contributed by atoms with Gasteiger partial charge in [-0.05, 0) is 67.9 Å². The molecule has 0 aromatic heterocycles. The fourth-order valence-corrected chi connectivity index (χ4v) is 5.16. The number of fused-ring (bicyclic) bond motifs is 2. The number of carbonyl (C=O) groups is 1. The highest BCUT2D eigenvalue weighted by Crippen LogP contribution is 2.25. The quantitative estimate of drug-likeness (QED) is 0.356. The van der Waals surface area contributed by atoms with Crippen LogP contribution in [-0.2, 0) is 5.54 Å². The van der Waals surface area contributed by atoms with Crippen molar-refractivity contribution in [2.45, 2.75) is 103 Å². The second-order valence-corrected chi connectivity index (χ2v) is 11.8. The fourth-order valence-electron chi connectivity index (χ4n) is 5.16. The van der Waals surface area contributed by atoms with E-state index in [0.29, 0.717) is 23.9 Å². The lowest BCUT2D eigenvalue weighted by Gasteiger charge is -2.32. The molecule has 2 aromatic rings. The molecule has 0 saturated heterocycles. The average Bonchev–Trinajstić information content (AvgIpc) is 2.88. The van der Waals surface area contributed by atoms with Gasteiger partial charge in [-0.2, -0.15) is 0 Å². The Labute approximate surface area is 224 Å². The Morgan fingerprint density at radius 1 is 1.03 bits per heavy atom. The maximum absolute atomic E-state index is 13.2. The molecule has 2 aromatic carbocycles. The number of benzene rings is 2. The van der Waals surface area contributed by atoms with Crippen LogP contribution < -0.4 is 16.0 Å². The van der Waals surface area contributed by atoms with Crippen molar-refractivity contribution in [1.29, 1.82) is 0 Å². The first-order valence-corrected chi connectivity index (χ1v) is 14.3. The maximum Gasteiger partial charge on any atom is 0.251 e. The van der Waals surface area contributed by atoms with E-state index in [0.717, 1.165) is 31.5 Å². The molecule has 5 nitrogen and oxygen atoms in total. The van der Waals surface area contributed by atoms with Crippen LogP contribution in [0.5, 0.6) is 0 Å². The van der Waals surface area contributed by atoms with Gasteiger partial charge in [-0.25, -0.2) is 0 Å². The van der Waals surface area contributed by atoms with Crippen LogP contribution in [-0.4, -0.2) is 36.2 Å². The van der Waals surface area contributed by atoms with E-state index in [1.54, 1.807) is 0 Å². The van der Waals surface area contributed by atoms with Crippen LogP contribution in [0.1, 0.15) is 107 Å². The summed E-state index contributed by atoms with van der Waals surface area (Å²) in [5, 5.41) is 21.6. The summed E-state index contributed by atoms with van der Waals surface area (Å²) in [6.45, 7) is 12.3. The van der Waals surface area contributed by atoms with E-state index in [1.807, 2.05) is 24.3 Å². The van der Waals surface area contributed by atoms with Gasteiger partial charge in [-0.15, -0.1) is 0 Å². The Bertz CT molecular complexity index is 988. The predicted octanol–water partition coefficient (Wildman–Crippen LogP) is 6.59. The molecule has 1 aliphatic rings. The third-order valence-electron chi connectivity index (χ3n) is 7.79. The third kappa shape index (κ3) is 9.15. The minimum atomic E-state index is -0.695. The van der Waals surface area contributed by atoms with Gasteiger partial charge in [0.2, 0.25) is 0 Å². The zero-order chi connectivity index (χ0) is 26.8. The molecule has 1 heterocycles. The molecule has 4 N–H and O–H groups in total. The normalized spacial score (nSPS) is 21.2. The number of carbonyl (C=O) groups excluding carboxylic acids is 1. The summed E-state index contributed by atoms with van der Waals surface area (Å²) in [5.41, 5.74) is 3.80. The zero-order valence-electron chi connectivity index (χ0n) is 23.6. The van der Waals surface area contributed by atoms with Crippen LogP contribution >= 0.6 is 0 Å².